The van der Waals surface area contributed by atoms with Gasteiger partial charge in [-0.15, -0.1) is 0 Å². The molecule has 0 N–H and O–H groups in total. The van der Waals surface area contributed by atoms with Crippen molar-refractivity contribution < 1.29 is 9.47 Å². The molecule has 3 nitrogen and oxygen atoms in total. The van der Waals surface area contributed by atoms with Crippen LogP contribution in [0.4, 0.5) is 0 Å². The van der Waals surface area contributed by atoms with Crippen LogP contribution in [0.5, 0.6) is 5.75 Å². The van der Waals surface area contributed by atoms with E-state index in [9.17, 15) is 0 Å². The maximum atomic E-state index is 8.67. The fourth-order valence-corrected chi connectivity index (χ4v) is 1.57. The number of methoxy groups -OCH3 is 1. The van der Waals surface area contributed by atoms with E-state index in [1.54, 1.807) is 25.3 Å². The number of ether oxygens (including phenoxy) is 2. The topological polar surface area (TPSA) is 42.2 Å². The lowest BCUT2D eigenvalue weighted by Crippen LogP contribution is -2.01. The van der Waals surface area contributed by atoms with Crippen molar-refractivity contribution in [3.05, 3.63) is 28.2 Å². The van der Waals surface area contributed by atoms with E-state index in [-0.39, 0.29) is 0 Å². The van der Waals surface area contributed by atoms with Crippen LogP contribution in [0.1, 0.15) is 12.0 Å². The first-order valence-electron chi connectivity index (χ1n) is 4.59. The fraction of sp³-hybridized carbons (Fsp3) is 0.364. The summed E-state index contributed by atoms with van der Waals surface area (Å²) in [4.78, 5) is 0. The first kappa shape index (κ1) is 12.0. The van der Waals surface area contributed by atoms with E-state index in [2.05, 4.69) is 22.0 Å². The molecule has 0 fully saturated rings. The minimum absolute atomic E-state index is 0.609. The molecule has 0 radical (unpaired) electrons. The molecule has 1 rings (SSSR count). The molecule has 0 aliphatic heterocycles. The van der Waals surface area contributed by atoms with Crippen LogP contribution in [0.15, 0.2) is 22.7 Å². The Labute approximate surface area is 97.7 Å². The number of nitrogens with zero attached hydrogens (tertiary/aromatic N) is 1. The number of halogens is 1. The summed E-state index contributed by atoms with van der Waals surface area (Å²) in [5.74, 6) is 0.755. The quantitative estimate of drug-likeness (QED) is 0.772. The molecule has 0 aromatic heterocycles. The van der Waals surface area contributed by atoms with Gasteiger partial charge in [-0.3, -0.25) is 0 Å². The van der Waals surface area contributed by atoms with Gasteiger partial charge in [-0.2, -0.15) is 5.26 Å². The van der Waals surface area contributed by atoms with E-state index in [1.807, 2.05) is 0 Å². The molecule has 0 aliphatic carbocycles. The maximum Gasteiger partial charge on any atom is 0.133 e. The van der Waals surface area contributed by atoms with Crippen LogP contribution in [-0.4, -0.2) is 20.3 Å². The largest absolute Gasteiger partial charge is 0.492 e. The molecule has 80 valence electrons. The van der Waals surface area contributed by atoms with Gasteiger partial charge >= 0.3 is 0 Å². The summed E-state index contributed by atoms with van der Waals surface area (Å²) in [6, 6.07) is 7.33. The van der Waals surface area contributed by atoms with Gasteiger partial charge in [0.2, 0.25) is 0 Å². The second-order valence-corrected chi connectivity index (χ2v) is 3.81. The molecule has 1 aromatic rings. The molecule has 4 heteroatoms. The smallest absolute Gasteiger partial charge is 0.133 e. The van der Waals surface area contributed by atoms with E-state index in [1.165, 1.54) is 0 Å². The SMILES string of the molecule is COCCCOc1ccc(C#N)cc1Br. The molecule has 0 bridgehead atoms. The Morgan fingerprint density at radius 2 is 2.20 bits per heavy atom. The van der Waals surface area contributed by atoms with Crippen LogP contribution >= 0.6 is 15.9 Å². The predicted molar refractivity (Wildman–Crippen MR) is 60.8 cm³/mol. The molecule has 0 saturated heterocycles. The number of benzene rings is 1. The third kappa shape index (κ3) is 3.90. The van der Waals surface area contributed by atoms with Crippen LogP contribution in [0.25, 0.3) is 0 Å². The summed E-state index contributed by atoms with van der Waals surface area (Å²) in [5, 5.41) is 8.67. The lowest BCUT2D eigenvalue weighted by atomic mass is 10.2. The van der Waals surface area contributed by atoms with Gasteiger partial charge in [0.05, 0.1) is 22.7 Å². The Kier molecular flexibility index (Phi) is 5.16. The third-order valence-corrected chi connectivity index (χ3v) is 2.43. The number of hydrogen-bond donors (Lipinski definition) is 0. The molecule has 1 aromatic carbocycles. The molecular formula is C11H12BrNO2. The van der Waals surface area contributed by atoms with Gasteiger partial charge in [0, 0.05) is 20.1 Å². The first-order valence-corrected chi connectivity index (χ1v) is 5.38. The zero-order chi connectivity index (χ0) is 11.1. The Hall–Kier alpha value is -1.05. The summed E-state index contributed by atoms with van der Waals surface area (Å²) in [5.41, 5.74) is 0.617. The van der Waals surface area contributed by atoms with Gasteiger partial charge in [-0.25, -0.2) is 0 Å². The lowest BCUT2D eigenvalue weighted by molar-refractivity contribution is 0.172. The molecule has 0 aliphatic rings. The van der Waals surface area contributed by atoms with E-state index >= 15 is 0 Å². The van der Waals surface area contributed by atoms with Crippen LogP contribution in [0, 0.1) is 11.3 Å². The van der Waals surface area contributed by atoms with Crippen molar-refractivity contribution in [3.63, 3.8) is 0 Å². The third-order valence-electron chi connectivity index (χ3n) is 1.81. The highest BCUT2D eigenvalue weighted by molar-refractivity contribution is 9.10. The van der Waals surface area contributed by atoms with E-state index in [0.717, 1.165) is 16.6 Å². The second kappa shape index (κ2) is 6.44. The van der Waals surface area contributed by atoms with Crippen molar-refractivity contribution in [2.45, 2.75) is 6.42 Å². The number of rotatable bonds is 5. The second-order valence-electron chi connectivity index (χ2n) is 2.95. The van der Waals surface area contributed by atoms with Crippen molar-refractivity contribution in [2.75, 3.05) is 20.3 Å². The van der Waals surface area contributed by atoms with Crippen LogP contribution in [0.3, 0.4) is 0 Å². The van der Waals surface area contributed by atoms with Crippen molar-refractivity contribution in [2.24, 2.45) is 0 Å². The maximum absolute atomic E-state index is 8.67. The zero-order valence-corrected chi connectivity index (χ0v) is 10.1. The highest BCUT2D eigenvalue weighted by Crippen LogP contribution is 2.25. The molecule has 0 atom stereocenters. The van der Waals surface area contributed by atoms with E-state index < -0.39 is 0 Å². The van der Waals surface area contributed by atoms with Crippen LogP contribution < -0.4 is 4.74 Å². The standard InChI is InChI=1S/C11H12BrNO2/c1-14-5-2-6-15-11-4-3-9(8-13)7-10(11)12/h3-4,7H,2,5-6H2,1H3. The van der Waals surface area contributed by atoms with Crippen molar-refractivity contribution in [1.29, 1.82) is 5.26 Å². The van der Waals surface area contributed by atoms with E-state index in [0.29, 0.717) is 18.8 Å². The summed E-state index contributed by atoms with van der Waals surface area (Å²) >= 11 is 3.35. The minimum atomic E-state index is 0.609. The molecular weight excluding hydrogens is 258 g/mol. The average molecular weight is 270 g/mol. The molecule has 0 amide bonds. The summed E-state index contributed by atoms with van der Waals surface area (Å²) in [6.45, 7) is 1.30. The van der Waals surface area contributed by atoms with Gasteiger partial charge < -0.3 is 9.47 Å². The van der Waals surface area contributed by atoms with E-state index in [4.69, 9.17) is 14.7 Å². The number of nitriles is 1. The molecule has 0 saturated carbocycles. The van der Waals surface area contributed by atoms with Gasteiger partial charge in [0.25, 0.3) is 0 Å². The first-order chi connectivity index (χ1) is 7.27. The Morgan fingerprint density at radius 3 is 2.80 bits per heavy atom. The van der Waals surface area contributed by atoms with Gasteiger partial charge in [0.15, 0.2) is 0 Å². The van der Waals surface area contributed by atoms with Gasteiger partial charge in [-0.1, -0.05) is 0 Å². The Morgan fingerprint density at radius 1 is 1.40 bits per heavy atom. The van der Waals surface area contributed by atoms with Crippen LogP contribution in [-0.2, 0) is 4.74 Å². The Bertz CT molecular complexity index is 360. The minimum Gasteiger partial charge on any atom is -0.492 e. The van der Waals surface area contributed by atoms with Crippen molar-refractivity contribution in [3.8, 4) is 11.8 Å². The fourth-order valence-electron chi connectivity index (χ4n) is 1.07. The van der Waals surface area contributed by atoms with Crippen molar-refractivity contribution in [1.82, 2.24) is 0 Å². The normalized spacial score (nSPS) is 9.67. The zero-order valence-electron chi connectivity index (χ0n) is 8.50. The molecule has 15 heavy (non-hydrogen) atoms. The van der Waals surface area contributed by atoms with Crippen LogP contribution in [0.2, 0.25) is 0 Å². The highest BCUT2D eigenvalue weighted by atomic mass is 79.9. The number of hydrogen-bond acceptors (Lipinski definition) is 3. The van der Waals surface area contributed by atoms with Gasteiger partial charge in [0.1, 0.15) is 5.75 Å². The molecule has 0 heterocycles. The van der Waals surface area contributed by atoms with Gasteiger partial charge in [-0.05, 0) is 34.1 Å². The molecule has 0 unspecified atom stereocenters. The summed E-state index contributed by atoms with van der Waals surface area (Å²) in [6.07, 6.45) is 0.850. The summed E-state index contributed by atoms with van der Waals surface area (Å²) in [7, 11) is 1.66. The van der Waals surface area contributed by atoms with Crippen molar-refractivity contribution >= 4 is 15.9 Å². The Balaban J connectivity index is 2.52. The summed E-state index contributed by atoms with van der Waals surface area (Å²) < 4.78 is 11.2. The lowest BCUT2D eigenvalue weighted by Gasteiger charge is -2.07. The molecule has 0 spiro atoms. The predicted octanol–water partition coefficient (Wildman–Crippen LogP) is 2.74. The highest BCUT2D eigenvalue weighted by Gasteiger charge is 2.01. The monoisotopic (exact) mass is 269 g/mol. The average Bonchev–Trinajstić information content (AvgIpc) is 2.26.